The van der Waals surface area contributed by atoms with Crippen molar-refractivity contribution in [3.05, 3.63) is 60.7 Å². The van der Waals surface area contributed by atoms with Crippen LogP contribution < -0.4 is 10.0 Å². The summed E-state index contributed by atoms with van der Waals surface area (Å²) in [7, 11) is 0. The second kappa shape index (κ2) is 10.9. The molecule has 0 spiro atoms. The summed E-state index contributed by atoms with van der Waals surface area (Å²) in [5.41, 5.74) is -2.87. The normalized spacial score (nSPS) is 16.3. The van der Waals surface area contributed by atoms with Gasteiger partial charge in [0.25, 0.3) is 11.8 Å². The molecule has 3 rings (SSSR count). The molecule has 2 aromatic carbocycles. The Labute approximate surface area is 206 Å². The fraction of sp³-hybridized carbons (Fsp3) is 0.481. The summed E-state index contributed by atoms with van der Waals surface area (Å²) in [5.74, 6) is -0.909. The second-order valence-electron chi connectivity index (χ2n) is 9.30. The smallest absolute Gasteiger partial charge is 0.262 e. The molecule has 1 saturated heterocycles. The monoisotopic (exact) mass is 484 g/mol. The van der Waals surface area contributed by atoms with Crippen molar-refractivity contribution in [2.24, 2.45) is 5.41 Å². The first-order chi connectivity index (χ1) is 16.8. The molecule has 0 atom stereocenters. The van der Waals surface area contributed by atoms with E-state index in [1.54, 1.807) is 48.5 Å². The fourth-order valence-corrected chi connectivity index (χ4v) is 5.07. The summed E-state index contributed by atoms with van der Waals surface area (Å²) in [4.78, 5) is 38.9. The van der Waals surface area contributed by atoms with Crippen LogP contribution in [-0.2, 0) is 19.4 Å². The number of benzene rings is 2. The number of carbonyl (C=O) groups is 2. The minimum absolute atomic E-state index is 0.0705. The number of hydrogen-bond acceptors (Lipinski definition) is 6. The molecule has 0 aromatic heterocycles. The van der Waals surface area contributed by atoms with E-state index in [9.17, 15) is 20.1 Å². The van der Waals surface area contributed by atoms with Crippen LogP contribution in [0.2, 0.25) is 0 Å². The maximum Gasteiger partial charge on any atom is 0.262 e. The molecule has 8 nitrogen and oxygen atoms in total. The van der Waals surface area contributed by atoms with E-state index in [1.807, 2.05) is 39.8 Å². The highest BCUT2D eigenvalue weighted by molar-refractivity contribution is 6.26. The molecular weight excluding hydrogens is 448 g/mol. The minimum Gasteiger partial charge on any atom is -0.271 e. The van der Waals surface area contributed by atoms with Crippen LogP contribution in [0, 0.1) is 5.41 Å². The lowest BCUT2D eigenvalue weighted by molar-refractivity contribution is -0.341. The molecule has 1 aliphatic heterocycles. The molecule has 1 fully saturated rings. The van der Waals surface area contributed by atoms with Gasteiger partial charge >= 0.3 is 0 Å². The highest BCUT2D eigenvalue weighted by Gasteiger charge is 2.64. The Hall–Kier alpha value is -2.78. The quantitative estimate of drug-likeness (QED) is 0.223. The Balaban J connectivity index is 2.28. The van der Waals surface area contributed by atoms with Crippen molar-refractivity contribution in [2.75, 3.05) is 10.0 Å². The molecule has 2 amide bonds. The van der Waals surface area contributed by atoms with E-state index in [0.29, 0.717) is 37.1 Å². The summed E-state index contributed by atoms with van der Waals surface area (Å²) < 4.78 is 0. The lowest BCUT2D eigenvalue weighted by atomic mass is 9.67. The topological polar surface area (TPSA) is 99.5 Å². The zero-order valence-electron chi connectivity index (χ0n) is 20.9. The molecule has 0 radical (unpaired) electrons. The Kier molecular flexibility index (Phi) is 8.33. The summed E-state index contributed by atoms with van der Waals surface area (Å²) in [6.45, 7) is 7.38. The summed E-state index contributed by atoms with van der Waals surface area (Å²) in [6.07, 6.45) is 1.38. The van der Waals surface area contributed by atoms with Crippen molar-refractivity contribution in [2.45, 2.75) is 77.4 Å². The van der Waals surface area contributed by atoms with Crippen molar-refractivity contribution < 1.29 is 29.9 Å². The van der Waals surface area contributed by atoms with Crippen LogP contribution in [0.1, 0.15) is 66.2 Å². The van der Waals surface area contributed by atoms with E-state index in [1.165, 1.54) is 10.0 Å². The number of hydrogen-bond donors (Lipinski definition) is 2. The van der Waals surface area contributed by atoms with E-state index in [0.717, 1.165) is 0 Å². The molecule has 0 unspecified atom stereocenters. The van der Waals surface area contributed by atoms with E-state index >= 15 is 0 Å². The maximum atomic E-state index is 14.5. The lowest BCUT2D eigenvalue weighted by Crippen LogP contribution is -2.50. The zero-order chi connectivity index (χ0) is 25.7. The van der Waals surface area contributed by atoms with Gasteiger partial charge in [-0.2, -0.15) is 0 Å². The fourth-order valence-electron chi connectivity index (χ4n) is 5.07. The second-order valence-corrected chi connectivity index (χ2v) is 9.30. The van der Waals surface area contributed by atoms with E-state index < -0.39 is 28.4 Å². The van der Waals surface area contributed by atoms with Crippen molar-refractivity contribution in [1.82, 2.24) is 0 Å². The third kappa shape index (κ3) is 4.71. The van der Waals surface area contributed by atoms with E-state index in [2.05, 4.69) is 0 Å². The molecule has 1 heterocycles. The molecular formula is C27H36N2O6. The zero-order valence-corrected chi connectivity index (χ0v) is 20.9. The van der Waals surface area contributed by atoms with Crippen LogP contribution in [0.15, 0.2) is 60.7 Å². The van der Waals surface area contributed by atoms with Gasteiger partial charge in [-0.1, -0.05) is 64.1 Å². The molecule has 0 saturated carbocycles. The lowest BCUT2D eigenvalue weighted by Gasteiger charge is -2.40. The number of nitrogens with zero attached hydrogens (tertiary/aromatic N) is 2. The predicted molar refractivity (Wildman–Crippen MR) is 134 cm³/mol. The van der Waals surface area contributed by atoms with Crippen LogP contribution in [0.4, 0.5) is 11.4 Å². The van der Waals surface area contributed by atoms with Gasteiger partial charge < -0.3 is 0 Å². The SMILES string of the molecule is CCC(CC)(CC1(CC(CC)(CC)OO)C(=O)N(c2ccccc2)N(c2ccccc2)C1=O)OO. The van der Waals surface area contributed by atoms with Crippen LogP contribution in [0.3, 0.4) is 0 Å². The van der Waals surface area contributed by atoms with Gasteiger partial charge in [-0.05, 0) is 49.9 Å². The average molecular weight is 485 g/mol. The third-order valence-corrected chi connectivity index (χ3v) is 7.62. The van der Waals surface area contributed by atoms with Crippen LogP contribution in [0.25, 0.3) is 0 Å². The summed E-state index contributed by atoms with van der Waals surface area (Å²) >= 11 is 0. The predicted octanol–water partition coefficient (Wildman–Crippen LogP) is 5.84. The summed E-state index contributed by atoms with van der Waals surface area (Å²) in [6, 6.07) is 17.9. The van der Waals surface area contributed by atoms with E-state index in [-0.39, 0.29) is 12.8 Å². The standard InChI is InChI=1S/C27H36N2O6/c1-5-25(6-2,34-32)19-27(20-26(7-3,8-4)35-33)23(30)28(21-15-11-9-12-16-21)29(24(27)31)22-17-13-10-14-18-22/h9-18,32-33H,5-8,19-20H2,1-4H3. The summed E-state index contributed by atoms with van der Waals surface area (Å²) in [5, 5.41) is 22.6. The van der Waals surface area contributed by atoms with Crippen molar-refractivity contribution in [3.63, 3.8) is 0 Å². The van der Waals surface area contributed by atoms with Gasteiger partial charge in [0, 0.05) is 12.8 Å². The Morgan fingerprint density at radius 3 is 1.23 bits per heavy atom. The molecule has 2 aromatic rings. The molecule has 2 N–H and O–H groups in total. The van der Waals surface area contributed by atoms with Gasteiger partial charge in [0.05, 0.1) is 11.4 Å². The molecule has 0 aliphatic carbocycles. The average Bonchev–Trinajstić information content (AvgIpc) is 3.13. The van der Waals surface area contributed by atoms with Gasteiger partial charge in [0.1, 0.15) is 16.6 Å². The molecule has 1 aliphatic rings. The molecule has 0 bridgehead atoms. The minimum atomic E-state index is -1.66. The number of amides is 2. The number of anilines is 2. The number of para-hydroxylation sites is 2. The van der Waals surface area contributed by atoms with Crippen molar-refractivity contribution >= 4 is 23.2 Å². The van der Waals surface area contributed by atoms with Crippen molar-refractivity contribution in [1.29, 1.82) is 0 Å². The van der Waals surface area contributed by atoms with Gasteiger partial charge in [0.15, 0.2) is 0 Å². The first kappa shape index (κ1) is 26.8. The van der Waals surface area contributed by atoms with Crippen LogP contribution >= 0.6 is 0 Å². The Morgan fingerprint density at radius 2 is 0.971 bits per heavy atom. The van der Waals surface area contributed by atoms with Gasteiger partial charge in [-0.15, -0.1) is 0 Å². The third-order valence-electron chi connectivity index (χ3n) is 7.62. The largest absolute Gasteiger partial charge is 0.271 e. The first-order valence-corrected chi connectivity index (χ1v) is 12.3. The van der Waals surface area contributed by atoms with Crippen molar-refractivity contribution in [3.8, 4) is 0 Å². The Bertz CT molecular complexity index is 891. The number of carbonyl (C=O) groups excluding carboxylic acids is 2. The van der Waals surface area contributed by atoms with Gasteiger partial charge in [-0.25, -0.2) is 19.8 Å². The highest BCUT2D eigenvalue weighted by atomic mass is 17.1. The molecule has 35 heavy (non-hydrogen) atoms. The maximum absolute atomic E-state index is 14.5. The van der Waals surface area contributed by atoms with Gasteiger partial charge in [0.2, 0.25) is 0 Å². The highest BCUT2D eigenvalue weighted by Crippen LogP contribution is 2.50. The number of hydrazine groups is 1. The molecule has 8 heteroatoms. The van der Waals surface area contributed by atoms with Gasteiger partial charge in [-0.3, -0.25) is 20.1 Å². The number of rotatable bonds is 12. The first-order valence-electron chi connectivity index (χ1n) is 12.3. The van der Waals surface area contributed by atoms with Crippen LogP contribution in [0.5, 0.6) is 0 Å². The van der Waals surface area contributed by atoms with Crippen LogP contribution in [-0.4, -0.2) is 33.5 Å². The Morgan fingerprint density at radius 1 is 0.657 bits per heavy atom. The van der Waals surface area contributed by atoms with E-state index in [4.69, 9.17) is 9.78 Å². The molecule has 190 valence electrons.